The van der Waals surface area contributed by atoms with Crippen LogP contribution in [0.25, 0.3) is 0 Å². The fraction of sp³-hybridized carbons (Fsp3) is 0.308. The van der Waals surface area contributed by atoms with Crippen LogP contribution < -0.4 is 10.1 Å². The minimum atomic E-state index is 0.202. The summed E-state index contributed by atoms with van der Waals surface area (Å²) < 4.78 is 5.21. The number of methoxy groups -OCH3 is 1. The number of aryl methyl sites for hydroxylation is 1. The van der Waals surface area contributed by atoms with Crippen LogP contribution in [-0.4, -0.2) is 13.7 Å². The maximum absolute atomic E-state index is 6.07. The van der Waals surface area contributed by atoms with Gasteiger partial charge in [0.25, 0.3) is 0 Å². The van der Waals surface area contributed by atoms with Crippen LogP contribution in [0, 0.1) is 0 Å². The maximum atomic E-state index is 6.07. The van der Waals surface area contributed by atoms with Crippen molar-refractivity contribution in [3.63, 3.8) is 0 Å². The Kier molecular flexibility index (Phi) is 8.60. The van der Waals surface area contributed by atoms with Crippen molar-refractivity contribution < 1.29 is 4.74 Å². The molecule has 1 atom stereocenters. The Bertz CT molecular complexity index is 831. The van der Waals surface area contributed by atoms with E-state index < -0.39 is 0 Å². The second-order valence-corrected chi connectivity index (χ2v) is 7.80. The second-order valence-electron chi connectivity index (χ2n) is 7.36. The van der Waals surface area contributed by atoms with Gasteiger partial charge in [0.1, 0.15) is 5.75 Å². The van der Waals surface area contributed by atoms with Crippen LogP contribution in [-0.2, 0) is 6.42 Å². The van der Waals surface area contributed by atoms with Gasteiger partial charge < -0.3 is 10.1 Å². The molecule has 152 valence electrons. The van der Waals surface area contributed by atoms with Crippen LogP contribution in [0.15, 0.2) is 78.9 Å². The summed E-state index contributed by atoms with van der Waals surface area (Å²) >= 11 is 6.07. The summed E-state index contributed by atoms with van der Waals surface area (Å²) in [5.41, 5.74) is 3.92. The van der Waals surface area contributed by atoms with E-state index in [0.29, 0.717) is 0 Å². The summed E-state index contributed by atoms with van der Waals surface area (Å²) in [6.07, 6.45) is 6.04. The summed E-state index contributed by atoms with van der Waals surface area (Å²) in [5, 5.41) is 4.51. The van der Waals surface area contributed by atoms with Gasteiger partial charge in [-0.25, -0.2) is 0 Å². The average molecular weight is 408 g/mol. The van der Waals surface area contributed by atoms with E-state index in [9.17, 15) is 0 Å². The van der Waals surface area contributed by atoms with Gasteiger partial charge in [-0.1, -0.05) is 79.0 Å². The molecule has 1 unspecified atom stereocenters. The molecule has 29 heavy (non-hydrogen) atoms. The normalized spacial score (nSPS) is 11.9. The predicted octanol–water partition coefficient (Wildman–Crippen LogP) is 6.83. The van der Waals surface area contributed by atoms with Gasteiger partial charge in [-0.15, -0.1) is 0 Å². The van der Waals surface area contributed by atoms with Crippen LogP contribution in [0.2, 0.25) is 5.02 Å². The van der Waals surface area contributed by atoms with Crippen molar-refractivity contribution in [3.05, 3.63) is 101 Å². The van der Waals surface area contributed by atoms with Crippen LogP contribution in [0.1, 0.15) is 48.4 Å². The first-order valence-corrected chi connectivity index (χ1v) is 10.8. The highest BCUT2D eigenvalue weighted by atomic mass is 35.5. The fourth-order valence-corrected chi connectivity index (χ4v) is 3.70. The molecule has 0 bridgehead atoms. The predicted molar refractivity (Wildman–Crippen MR) is 123 cm³/mol. The van der Waals surface area contributed by atoms with E-state index in [-0.39, 0.29) is 6.04 Å². The molecule has 0 saturated carbocycles. The second kappa shape index (κ2) is 11.6. The van der Waals surface area contributed by atoms with Crippen molar-refractivity contribution in [1.29, 1.82) is 0 Å². The number of rotatable bonds is 11. The van der Waals surface area contributed by atoms with Crippen molar-refractivity contribution in [1.82, 2.24) is 5.32 Å². The van der Waals surface area contributed by atoms with Crippen LogP contribution in [0.5, 0.6) is 5.75 Å². The molecule has 0 aromatic heterocycles. The highest BCUT2D eigenvalue weighted by Crippen LogP contribution is 2.23. The number of benzene rings is 3. The van der Waals surface area contributed by atoms with E-state index >= 15 is 0 Å². The molecule has 0 aliphatic heterocycles. The Morgan fingerprint density at radius 3 is 2.10 bits per heavy atom. The lowest BCUT2D eigenvalue weighted by atomic mass is 9.98. The third-order valence-electron chi connectivity index (χ3n) is 5.24. The molecule has 0 fully saturated rings. The minimum Gasteiger partial charge on any atom is -0.497 e. The molecule has 1 N–H and O–H groups in total. The van der Waals surface area contributed by atoms with E-state index in [4.69, 9.17) is 16.3 Å². The first kappa shape index (κ1) is 21.4. The van der Waals surface area contributed by atoms with Crippen molar-refractivity contribution in [2.75, 3.05) is 13.7 Å². The zero-order chi connectivity index (χ0) is 20.3. The summed E-state index contributed by atoms with van der Waals surface area (Å²) in [5.74, 6) is 0.925. The Hall–Kier alpha value is -2.29. The van der Waals surface area contributed by atoms with Gasteiger partial charge in [0.2, 0.25) is 0 Å². The van der Waals surface area contributed by atoms with E-state index in [1.54, 1.807) is 7.11 Å². The molecule has 2 nitrogen and oxygen atoms in total. The zero-order valence-corrected chi connectivity index (χ0v) is 17.9. The standard InChI is InChI=1S/C26H30ClNO/c1-29-25-18-12-21(13-19-25)9-5-2-3-8-20-28-26(22-10-6-4-7-11-22)23-14-16-24(27)17-15-23/h4,6-7,10-19,26,28H,2-3,5,8-9,20H2,1H3. The lowest BCUT2D eigenvalue weighted by Crippen LogP contribution is -2.23. The van der Waals surface area contributed by atoms with Gasteiger partial charge in [-0.05, 0) is 66.8 Å². The summed E-state index contributed by atoms with van der Waals surface area (Å²) in [6, 6.07) is 27.4. The largest absolute Gasteiger partial charge is 0.497 e. The monoisotopic (exact) mass is 407 g/mol. The number of hydrogen-bond acceptors (Lipinski definition) is 2. The molecule has 0 spiro atoms. The van der Waals surface area contributed by atoms with Gasteiger partial charge >= 0.3 is 0 Å². The molecule has 0 saturated heterocycles. The number of hydrogen-bond donors (Lipinski definition) is 1. The zero-order valence-electron chi connectivity index (χ0n) is 17.1. The smallest absolute Gasteiger partial charge is 0.118 e. The van der Waals surface area contributed by atoms with Gasteiger partial charge in [0.05, 0.1) is 13.2 Å². The molecule has 3 rings (SSSR count). The van der Waals surface area contributed by atoms with E-state index in [2.05, 4.69) is 59.9 Å². The number of unbranched alkanes of at least 4 members (excludes halogenated alkanes) is 3. The Morgan fingerprint density at radius 1 is 0.759 bits per heavy atom. The number of halogens is 1. The van der Waals surface area contributed by atoms with E-state index in [1.165, 1.54) is 42.4 Å². The summed E-state index contributed by atoms with van der Waals surface area (Å²) in [4.78, 5) is 0. The van der Waals surface area contributed by atoms with Gasteiger partial charge in [-0.2, -0.15) is 0 Å². The molecule has 0 heterocycles. The van der Waals surface area contributed by atoms with Crippen LogP contribution >= 0.6 is 11.6 Å². The Balaban J connectivity index is 1.42. The van der Waals surface area contributed by atoms with Crippen LogP contribution in [0.4, 0.5) is 0 Å². The van der Waals surface area contributed by atoms with Crippen molar-refractivity contribution >= 4 is 11.6 Å². The molecular weight excluding hydrogens is 378 g/mol. The lowest BCUT2D eigenvalue weighted by molar-refractivity contribution is 0.414. The molecule has 3 heteroatoms. The first-order valence-electron chi connectivity index (χ1n) is 10.4. The van der Waals surface area contributed by atoms with Gasteiger partial charge in [-0.3, -0.25) is 0 Å². The Morgan fingerprint density at radius 2 is 1.41 bits per heavy atom. The average Bonchev–Trinajstić information content (AvgIpc) is 2.77. The quantitative estimate of drug-likeness (QED) is 0.351. The third kappa shape index (κ3) is 6.92. The van der Waals surface area contributed by atoms with E-state index in [0.717, 1.165) is 23.7 Å². The van der Waals surface area contributed by atoms with Crippen molar-refractivity contribution in [3.8, 4) is 5.75 Å². The molecule has 3 aromatic rings. The molecule has 0 aliphatic rings. The highest BCUT2D eigenvalue weighted by molar-refractivity contribution is 6.30. The SMILES string of the molecule is COc1ccc(CCCCCCNC(c2ccccc2)c2ccc(Cl)cc2)cc1. The summed E-state index contributed by atoms with van der Waals surface area (Å²) in [7, 11) is 1.71. The minimum absolute atomic E-state index is 0.202. The van der Waals surface area contributed by atoms with Gasteiger partial charge in [0, 0.05) is 5.02 Å². The topological polar surface area (TPSA) is 21.3 Å². The highest BCUT2D eigenvalue weighted by Gasteiger charge is 2.12. The molecule has 0 radical (unpaired) electrons. The Labute approximate surface area is 179 Å². The fourth-order valence-electron chi connectivity index (χ4n) is 3.58. The molecule has 3 aromatic carbocycles. The molecule has 0 amide bonds. The van der Waals surface area contributed by atoms with Crippen molar-refractivity contribution in [2.45, 2.75) is 38.1 Å². The number of ether oxygens (including phenoxy) is 1. The third-order valence-corrected chi connectivity index (χ3v) is 5.49. The lowest BCUT2D eigenvalue weighted by Gasteiger charge is -2.20. The van der Waals surface area contributed by atoms with E-state index in [1.807, 2.05) is 24.3 Å². The first-order chi connectivity index (χ1) is 14.3. The van der Waals surface area contributed by atoms with Crippen LogP contribution in [0.3, 0.4) is 0 Å². The number of nitrogens with one attached hydrogen (secondary N) is 1. The molecular formula is C26H30ClNO. The van der Waals surface area contributed by atoms with Gasteiger partial charge in [0.15, 0.2) is 0 Å². The van der Waals surface area contributed by atoms with Crippen molar-refractivity contribution in [2.24, 2.45) is 0 Å². The summed E-state index contributed by atoms with van der Waals surface area (Å²) in [6.45, 7) is 1.00. The maximum Gasteiger partial charge on any atom is 0.118 e. The molecule has 0 aliphatic carbocycles.